The number of fused-ring (bicyclic) bond motifs is 3. The lowest BCUT2D eigenvalue weighted by Crippen LogP contribution is -2.16. The standard InChI is InChI=1S/C30H35F3N2/c1-18-14-21(30(31,32)33)17-26(34(8)9)27(18)35-24-12-10-19(28(2,3)4)15-22(24)23-16-20(29(5,6)7)11-13-25(23)35/h10-17H,1-9H3. The summed E-state index contributed by atoms with van der Waals surface area (Å²) < 4.78 is 43.2. The van der Waals surface area contributed by atoms with Crippen LogP contribution in [0, 0.1) is 6.92 Å². The zero-order valence-corrected chi connectivity index (χ0v) is 22.1. The van der Waals surface area contributed by atoms with Crippen LogP contribution in [0.25, 0.3) is 27.5 Å². The highest BCUT2D eigenvalue weighted by Gasteiger charge is 2.33. The van der Waals surface area contributed by atoms with E-state index in [0.29, 0.717) is 11.3 Å². The Morgan fingerprint density at radius 1 is 0.657 bits per heavy atom. The monoisotopic (exact) mass is 480 g/mol. The second kappa shape index (κ2) is 8.04. The third-order valence-electron chi connectivity index (χ3n) is 6.81. The predicted molar refractivity (Wildman–Crippen MR) is 142 cm³/mol. The van der Waals surface area contributed by atoms with Gasteiger partial charge >= 0.3 is 6.18 Å². The van der Waals surface area contributed by atoms with Crippen LogP contribution >= 0.6 is 0 Å². The van der Waals surface area contributed by atoms with Crippen molar-refractivity contribution in [3.05, 3.63) is 70.8 Å². The van der Waals surface area contributed by atoms with E-state index in [-0.39, 0.29) is 10.8 Å². The van der Waals surface area contributed by atoms with Crippen molar-refractivity contribution in [3.63, 3.8) is 0 Å². The fraction of sp³-hybridized carbons (Fsp3) is 0.400. The molecule has 0 amide bonds. The summed E-state index contributed by atoms with van der Waals surface area (Å²) >= 11 is 0. The van der Waals surface area contributed by atoms with E-state index in [0.717, 1.165) is 27.5 Å². The Kier molecular flexibility index (Phi) is 5.78. The molecule has 0 unspecified atom stereocenters. The Morgan fingerprint density at radius 2 is 1.11 bits per heavy atom. The molecule has 1 aromatic heterocycles. The van der Waals surface area contributed by atoms with Crippen LogP contribution in [0.5, 0.6) is 0 Å². The van der Waals surface area contributed by atoms with Crippen molar-refractivity contribution in [1.82, 2.24) is 4.57 Å². The number of halogens is 3. The number of benzene rings is 3. The quantitative estimate of drug-likeness (QED) is 0.278. The molecule has 2 nitrogen and oxygen atoms in total. The molecule has 0 radical (unpaired) electrons. The summed E-state index contributed by atoms with van der Waals surface area (Å²) in [6.07, 6.45) is -4.40. The second-order valence-corrected chi connectivity index (χ2v) is 11.9. The first-order chi connectivity index (χ1) is 16.0. The van der Waals surface area contributed by atoms with Gasteiger partial charge in [-0.3, -0.25) is 0 Å². The average molecular weight is 481 g/mol. The van der Waals surface area contributed by atoms with E-state index >= 15 is 0 Å². The topological polar surface area (TPSA) is 8.17 Å². The second-order valence-electron chi connectivity index (χ2n) is 11.9. The molecule has 0 aliphatic heterocycles. The molecule has 4 rings (SSSR count). The van der Waals surface area contributed by atoms with Gasteiger partial charge in [-0.15, -0.1) is 0 Å². The van der Waals surface area contributed by atoms with Gasteiger partial charge in [-0.05, 0) is 70.8 Å². The van der Waals surface area contributed by atoms with Gasteiger partial charge in [-0.1, -0.05) is 53.7 Å². The largest absolute Gasteiger partial charge is 0.416 e. The number of hydrogen-bond acceptors (Lipinski definition) is 1. The molecule has 0 aliphatic rings. The van der Waals surface area contributed by atoms with Gasteiger partial charge in [-0.2, -0.15) is 13.2 Å². The van der Waals surface area contributed by atoms with Gasteiger partial charge in [0.1, 0.15) is 0 Å². The number of alkyl halides is 3. The van der Waals surface area contributed by atoms with Crippen molar-refractivity contribution in [2.75, 3.05) is 19.0 Å². The highest BCUT2D eigenvalue weighted by molar-refractivity contribution is 6.10. The van der Waals surface area contributed by atoms with E-state index in [9.17, 15) is 13.2 Å². The van der Waals surface area contributed by atoms with E-state index < -0.39 is 11.7 Å². The fourth-order valence-electron chi connectivity index (χ4n) is 4.75. The SMILES string of the molecule is Cc1cc(C(F)(F)F)cc(N(C)C)c1-n1c2ccc(C(C)(C)C)cc2c2cc(C(C)(C)C)ccc21. The van der Waals surface area contributed by atoms with E-state index in [1.807, 2.05) is 0 Å². The molecule has 0 spiro atoms. The van der Waals surface area contributed by atoms with Gasteiger partial charge in [0.25, 0.3) is 0 Å². The lowest BCUT2D eigenvalue weighted by molar-refractivity contribution is -0.137. The molecule has 0 saturated heterocycles. The molecular weight excluding hydrogens is 445 g/mol. The van der Waals surface area contributed by atoms with Gasteiger partial charge < -0.3 is 9.47 Å². The Hall–Kier alpha value is -2.95. The molecule has 0 saturated carbocycles. The molecular formula is C30H35F3N2. The highest BCUT2D eigenvalue weighted by atomic mass is 19.4. The number of anilines is 1. The molecule has 5 heteroatoms. The Morgan fingerprint density at radius 3 is 1.49 bits per heavy atom. The summed E-state index contributed by atoms with van der Waals surface area (Å²) in [5, 5.41) is 2.23. The first-order valence-corrected chi connectivity index (χ1v) is 12.0. The maximum Gasteiger partial charge on any atom is 0.416 e. The number of aryl methyl sites for hydroxylation is 1. The summed E-state index contributed by atoms with van der Waals surface area (Å²) in [5.74, 6) is 0. The minimum absolute atomic E-state index is 0.0245. The zero-order chi connectivity index (χ0) is 26.1. The van der Waals surface area contributed by atoms with Gasteiger partial charge in [0.05, 0.1) is 28.0 Å². The first-order valence-electron chi connectivity index (χ1n) is 12.0. The van der Waals surface area contributed by atoms with Crippen molar-refractivity contribution >= 4 is 27.5 Å². The molecule has 0 fully saturated rings. The van der Waals surface area contributed by atoms with Crippen LogP contribution in [-0.2, 0) is 17.0 Å². The Labute approximate surface area is 206 Å². The van der Waals surface area contributed by atoms with Crippen molar-refractivity contribution < 1.29 is 13.2 Å². The Balaban J connectivity index is 2.17. The van der Waals surface area contributed by atoms with Crippen LogP contribution in [0.15, 0.2) is 48.5 Å². The minimum Gasteiger partial charge on any atom is -0.376 e. The minimum atomic E-state index is -4.40. The molecule has 186 valence electrons. The number of hydrogen-bond donors (Lipinski definition) is 0. The van der Waals surface area contributed by atoms with Crippen molar-refractivity contribution in [2.24, 2.45) is 0 Å². The first kappa shape index (κ1) is 25.2. The summed E-state index contributed by atoms with van der Waals surface area (Å²) in [7, 11) is 3.59. The van der Waals surface area contributed by atoms with Gasteiger partial charge in [-0.25, -0.2) is 0 Å². The predicted octanol–water partition coefficient (Wildman–Crippen LogP) is 8.77. The molecule has 3 aromatic carbocycles. The van der Waals surface area contributed by atoms with Crippen LogP contribution < -0.4 is 4.90 Å². The van der Waals surface area contributed by atoms with Gasteiger partial charge in [0.15, 0.2) is 0 Å². The molecule has 1 heterocycles. The number of nitrogens with zero attached hydrogens (tertiary/aromatic N) is 2. The summed E-state index contributed by atoms with van der Waals surface area (Å²) in [4.78, 5) is 1.77. The number of aromatic nitrogens is 1. The molecule has 0 aliphatic carbocycles. The third-order valence-corrected chi connectivity index (χ3v) is 6.81. The fourth-order valence-corrected chi connectivity index (χ4v) is 4.75. The smallest absolute Gasteiger partial charge is 0.376 e. The lowest BCUT2D eigenvalue weighted by atomic mass is 9.85. The summed E-state index contributed by atoms with van der Waals surface area (Å²) in [6.45, 7) is 14.9. The summed E-state index contributed by atoms with van der Waals surface area (Å²) in [6, 6.07) is 15.5. The molecule has 0 N–H and O–H groups in total. The van der Waals surface area contributed by atoms with Crippen LogP contribution in [0.1, 0.15) is 63.8 Å². The van der Waals surface area contributed by atoms with Crippen LogP contribution in [0.3, 0.4) is 0 Å². The Bertz CT molecular complexity index is 1350. The summed E-state index contributed by atoms with van der Waals surface area (Å²) in [5.41, 5.74) is 5.65. The van der Waals surface area contributed by atoms with E-state index in [1.54, 1.807) is 25.9 Å². The van der Waals surface area contributed by atoms with Crippen LogP contribution in [0.2, 0.25) is 0 Å². The van der Waals surface area contributed by atoms with E-state index in [2.05, 4.69) is 82.5 Å². The maximum absolute atomic E-state index is 13.7. The molecule has 0 atom stereocenters. The molecule has 35 heavy (non-hydrogen) atoms. The normalized spacial score (nSPS) is 13.1. The maximum atomic E-state index is 13.7. The van der Waals surface area contributed by atoms with Gasteiger partial charge in [0.2, 0.25) is 0 Å². The molecule has 4 aromatic rings. The average Bonchev–Trinajstić information content (AvgIpc) is 3.04. The van der Waals surface area contributed by atoms with E-state index in [4.69, 9.17) is 0 Å². The number of rotatable bonds is 2. The van der Waals surface area contributed by atoms with Crippen LogP contribution in [0.4, 0.5) is 18.9 Å². The molecule has 0 bridgehead atoms. The van der Waals surface area contributed by atoms with Crippen molar-refractivity contribution in [1.29, 1.82) is 0 Å². The lowest BCUT2D eigenvalue weighted by Gasteiger charge is -2.24. The van der Waals surface area contributed by atoms with Crippen molar-refractivity contribution in [2.45, 2.75) is 65.5 Å². The highest BCUT2D eigenvalue weighted by Crippen LogP contribution is 2.42. The zero-order valence-electron chi connectivity index (χ0n) is 22.1. The van der Waals surface area contributed by atoms with Gasteiger partial charge in [0, 0.05) is 24.9 Å². The van der Waals surface area contributed by atoms with Crippen molar-refractivity contribution in [3.8, 4) is 5.69 Å². The van der Waals surface area contributed by atoms with Crippen LogP contribution in [-0.4, -0.2) is 18.7 Å². The third kappa shape index (κ3) is 4.41. The van der Waals surface area contributed by atoms with E-state index in [1.165, 1.54) is 23.3 Å².